The molecule has 0 saturated heterocycles. The van der Waals surface area contributed by atoms with Gasteiger partial charge in [0.1, 0.15) is 12.4 Å². The topological polar surface area (TPSA) is 67.0 Å². The molecule has 0 bridgehead atoms. The number of aromatic amines is 1. The SMILES string of the molecule is CNc1ccc(C(=O)OCc2nc3cc4ccccc4cc3[nH]2)cc1. The number of nitrogens with zero attached hydrogens (tertiary/aromatic N) is 1. The summed E-state index contributed by atoms with van der Waals surface area (Å²) in [6.07, 6.45) is 0. The van der Waals surface area contributed by atoms with Crippen LogP contribution in [0.1, 0.15) is 16.2 Å². The fourth-order valence-corrected chi connectivity index (χ4v) is 2.81. The summed E-state index contributed by atoms with van der Waals surface area (Å²) in [5.74, 6) is 0.263. The van der Waals surface area contributed by atoms with E-state index in [9.17, 15) is 4.79 Å². The maximum atomic E-state index is 12.1. The highest BCUT2D eigenvalue weighted by molar-refractivity contribution is 5.95. The summed E-state index contributed by atoms with van der Waals surface area (Å²) in [5, 5.41) is 5.29. The predicted molar refractivity (Wildman–Crippen MR) is 98.7 cm³/mol. The molecule has 25 heavy (non-hydrogen) atoms. The van der Waals surface area contributed by atoms with Gasteiger partial charge in [0.05, 0.1) is 16.6 Å². The van der Waals surface area contributed by atoms with E-state index in [1.807, 2.05) is 37.4 Å². The van der Waals surface area contributed by atoms with Gasteiger partial charge in [-0.1, -0.05) is 24.3 Å². The molecule has 0 unspecified atom stereocenters. The van der Waals surface area contributed by atoms with Crippen LogP contribution in [0, 0.1) is 0 Å². The van der Waals surface area contributed by atoms with Gasteiger partial charge >= 0.3 is 5.97 Å². The van der Waals surface area contributed by atoms with Crippen molar-refractivity contribution in [3.63, 3.8) is 0 Å². The quantitative estimate of drug-likeness (QED) is 0.552. The normalized spacial score (nSPS) is 10.9. The molecule has 5 heteroatoms. The highest BCUT2D eigenvalue weighted by Crippen LogP contribution is 2.21. The van der Waals surface area contributed by atoms with Crippen molar-refractivity contribution in [3.8, 4) is 0 Å². The van der Waals surface area contributed by atoms with Gasteiger partial charge in [-0.15, -0.1) is 0 Å². The van der Waals surface area contributed by atoms with Crippen molar-refractivity contribution in [2.24, 2.45) is 0 Å². The molecule has 1 heterocycles. The Hall–Kier alpha value is -3.34. The van der Waals surface area contributed by atoms with Crippen molar-refractivity contribution in [1.29, 1.82) is 0 Å². The average molecular weight is 331 g/mol. The molecule has 0 aliphatic heterocycles. The lowest BCUT2D eigenvalue weighted by atomic mass is 10.1. The second kappa shape index (κ2) is 6.28. The Morgan fingerprint density at radius 2 is 1.80 bits per heavy atom. The zero-order chi connectivity index (χ0) is 17.2. The summed E-state index contributed by atoms with van der Waals surface area (Å²) in [6.45, 7) is 0.109. The Morgan fingerprint density at radius 1 is 1.08 bits per heavy atom. The second-order valence-electron chi connectivity index (χ2n) is 5.80. The molecule has 0 aliphatic carbocycles. The average Bonchev–Trinajstić information content (AvgIpc) is 3.06. The standard InChI is InChI=1S/C20H17N3O2/c1-21-16-8-6-13(7-9-16)20(24)25-12-19-22-17-10-14-4-2-3-5-15(14)11-18(17)23-19/h2-11,21H,12H2,1H3,(H,22,23). The Balaban J connectivity index is 1.51. The number of imidazole rings is 1. The zero-order valence-corrected chi connectivity index (χ0v) is 13.7. The van der Waals surface area contributed by atoms with Crippen LogP contribution in [0.2, 0.25) is 0 Å². The van der Waals surface area contributed by atoms with Crippen LogP contribution in [-0.4, -0.2) is 23.0 Å². The minimum atomic E-state index is -0.367. The van der Waals surface area contributed by atoms with E-state index in [2.05, 4.69) is 33.5 Å². The van der Waals surface area contributed by atoms with Crippen LogP contribution in [0.3, 0.4) is 0 Å². The number of nitrogens with one attached hydrogen (secondary N) is 2. The van der Waals surface area contributed by atoms with Crippen molar-refractivity contribution in [3.05, 3.63) is 72.1 Å². The fraction of sp³-hybridized carbons (Fsp3) is 0.100. The van der Waals surface area contributed by atoms with Crippen LogP contribution in [0.25, 0.3) is 21.8 Å². The Morgan fingerprint density at radius 3 is 2.52 bits per heavy atom. The Bertz CT molecular complexity index is 999. The summed E-state index contributed by atoms with van der Waals surface area (Å²) >= 11 is 0. The third kappa shape index (κ3) is 3.04. The van der Waals surface area contributed by atoms with Gasteiger partial charge in [0.15, 0.2) is 0 Å². The van der Waals surface area contributed by atoms with E-state index < -0.39 is 0 Å². The maximum absolute atomic E-state index is 12.1. The van der Waals surface area contributed by atoms with E-state index in [0.29, 0.717) is 11.4 Å². The van der Waals surface area contributed by atoms with Gasteiger partial charge in [-0.2, -0.15) is 0 Å². The molecule has 0 radical (unpaired) electrons. The van der Waals surface area contributed by atoms with Gasteiger partial charge in [0.25, 0.3) is 0 Å². The molecule has 5 nitrogen and oxygen atoms in total. The highest BCUT2D eigenvalue weighted by atomic mass is 16.5. The van der Waals surface area contributed by atoms with Crippen molar-refractivity contribution in [2.75, 3.05) is 12.4 Å². The number of aromatic nitrogens is 2. The summed E-state index contributed by atoms with van der Waals surface area (Å²) < 4.78 is 5.36. The van der Waals surface area contributed by atoms with E-state index in [1.165, 1.54) is 0 Å². The third-order valence-electron chi connectivity index (χ3n) is 4.15. The van der Waals surface area contributed by atoms with Gasteiger partial charge in [-0.25, -0.2) is 9.78 Å². The smallest absolute Gasteiger partial charge is 0.338 e. The molecule has 4 aromatic rings. The van der Waals surface area contributed by atoms with Gasteiger partial charge in [-0.3, -0.25) is 0 Å². The lowest BCUT2D eigenvalue weighted by Gasteiger charge is -2.04. The molecule has 1 aromatic heterocycles. The van der Waals surface area contributed by atoms with Crippen LogP contribution < -0.4 is 5.32 Å². The van der Waals surface area contributed by atoms with Crippen molar-refractivity contribution in [2.45, 2.75) is 6.61 Å². The number of carbonyl (C=O) groups is 1. The van der Waals surface area contributed by atoms with E-state index in [-0.39, 0.29) is 12.6 Å². The first kappa shape index (κ1) is 15.2. The molecule has 0 aliphatic rings. The molecule has 124 valence electrons. The molecule has 2 N–H and O–H groups in total. The summed E-state index contributed by atoms with van der Waals surface area (Å²) in [7, 11) is 1.83. The summed E-state index contributed by atoms with van der Waals surface area (Å²) in [4.78, 5) is 19.9. The number of hydrogen-bond acceptors (Lipinski definition) is 4. The Labute approximate surface area is 144 Å². The molecular formula is C20H17N3O2. The summed E-state index contributed by atoms with van der Waals surface area (Å²) in [5.41, 5.74) is 3.26. The van der Waals surface area contributed by atoms with E-state index in [1.54, 1.807) is 12.1 Å². The van der Waals surface area contributed by atoms with Crippen molar-refractivity contribution in [1.82, 2.24) is 9.97 Å². The minimum Gasteiger partial charge on any atom is -0.454 e. The number of carbonyl (C=O) groups excluding carboxylic acids is 1. The molecule has 0 atom stereocenters. The van der Waals surface area contributed by atoms with E-state index in [0.717, 1.165) is 27.5 Å². The number of anilines is 1. The first-order chi connectivity index (χ1) is 12.2. The Kier molecular flexibility index (Phi) is 3.82. The maximum Gasteiger partial charge on any atom is 0.338 e. The second-order valence-corrected chi connectivity index (χ2v) is 5.80. The molecule has 4 rings (SSSR count). The molecule has 0 saturated carbocycles. The largest absolute Gasteiger partial charge is 0.454 e. The van der Waals surface area contributed by atoms with Gasteiger partial charge in [0, 0.05) is 12.7 Å². The lowest BCUT2D eigenvalue weighted by Crippen LogP contribution is -2.06. The molecule has 0 amide bonds. The van der Waals surface area contributed by atoms with Crippen LogP contribution in [0.4, 0.5) is 5.69 Å². The third-order valence-corrected chi connectivity index (χ3v) is 4.15. The predicted octanol–water partition coefficient (Wildman–Crippen LogP) is 4.11. The van der Waals surface area contributed by atoms with E-state index in [4.69, 9.17) is 4.74 Å². The van der Waals surface area contributed by atoms with Gasteiger partial charge in [-0.05, 0) is 47.2 Å². The van der Waals surface area contributed by atoms with Crippen LogP contribution in [-0.2, 0) is 11.3 Å². The van der Waals surface area contributed by atoms with Crippen molar-refractivity contribution < 1.29 is 9.53 Å². The van der Waals surface area contributed by atoms with Crippen LogP contribution in [0.15, 0.2) is 60.7 Å². The van der Waals surface area contributed by atoms with Crippen LogP contribution >= 0.6 is 0 Å². The van der Waals surface area contributed by atoms with E-state index >= 15 is 0 Å². The summed E-state index contributed by atoms with van der Waals surface area (Å²) in [6, 6.07) is 19.4. The molecule has 0 spiro atoms. The number of ether oxygens (including phenoxy) is 1. The number of rotatable bonds is 4. The molecule has 3 aromatic carbocycles. The first-order valence-electron chi connectivity index (χ1n) is 8.05. The number of fused-ring (bicyclic) bond motifs is 2. The lowest BCUT2D eigenvalue weighted by molar-refractivity contribution is 0.0463. The van der Waals surface area contributed by atoms with Crippen molar-refractivity contribution >= 4 is 33.5 Å². The van der Waals surface area contributed by atoms with Crippen LogP contribution in [0.5, 0.6) is 0 Å². The monoisotopic (exact) mass is 331 g/mol. The number of esters is 1. The number of H-pyrrole nitrogens is 1. The first-order valence-corrected chi connectivity index (χ1v) is 8.05. The number of benzene rings is 3. The fourth-order valence-electron chi connectivity index (χ4n) is 2.81. The number of hydrogen-bond donors (Lipinski definition) is 2. The molecular weight excluding hydrogens is 314 g/mol. The van der Waals surface area contributed by atoms with Gasteiger partial charge < -0.3 is 15.0 Å². The zero-order valence-electron chi connectivity index (χ0n) is 13.7. The highest BCUT2D eigenvalue weighted by Gasteiger charge is 2.10. The minimum absolute atomic E-state index is 0.109. The molecule has 0 fully saturated rings. The van der Waals surface area contributed by atoms with Gasteiger partial charge in [0.2, 0.25) is 0 Å².